The summed E-state index contributed by atoms with van der Waals surface area (Å²) >= 11 is 0. The summed E-state index contributed by atoms with van der Waals surface area (Å²) in [5, 5.41) is 2.44. The van der Waals surface area contributed by atoms with Crippen molar-refractivity contribution in [3.8, 4) is 0 Å². The van der Waals surface area contributed by atoms with E-state index in [9.17, 15) is 18.0 Å². The minimum atomic E-state index is -4.51. The van der Waals surface area contributed by atoms with E-state index in [0.717, 1.165) is 12.5 Å². The zero-order valence-electron chi connectivity index (χ0n) is 12.6. The van der Waals surface area contributed by atoms with Gasteiger partial charge in [0.05, 0.1) is 11.3 Å². The van der Waals surface area contributed by atoms with Gasteiger partial charge in [-0.15, -0.1) is 0 Å². The average molecular weight is 312 g/mol. The second-order valence-electron chi connectivity index (χ2n) is 5.59. The normalized spacial score (nSPS) is 18.1. The third kappa shape index (κ3) is 3.81. The molecule has 0 spiro atoms. The fourth-order valence-electron chi connectivity index (χ4n) is 2.42. The lowest BCUT2D eigenvalue weighted by Crippen LogP contribution is -2.25. The first-order valence-electron chi connectivity index (χ1n) is 7.13. The molecular weight excluding hydrogens is 293 g/mol. The summed E-state index contributed by atoms with van der Waals surface area (Å²) in [7, 11) is 3.34. The summed E-state index contributed by atoms with van der Waals surface area (Å²) in [6, 6.07) is 3.93. The Kier molecular flexibility index (Phi) is 4.78. The van der Waals surface area contributed by atoms with Gasteiger partial charge in [0, 0.05) is 25.7 Å². The minimum absolute atomic E-state index is 0.183. The van der Waals surface area contributed by atoms with Gasteiger partial charge in [-0.3, -0.25) is 4.79 Å². The van der Waals surface area contributed by atoms with E-state index in [0.29, 0.717) is 18.5 Å². The van der Waals surface area contributed by atoms with Gasteiger partial charge < -0.3 is 10.2 Å². The summed E-state index contributed by atoms with van der Waals surface area (Å²) < 4.78 is 39.6. The van der Waals surface area contributed by atoms with Crippen LogP contribution in [0.25, 0.3) is 0 Å². The van der Waals surface area contributed by atoms with E-state index in [1.54, 1.807) is 25.1 Å². The van der Waals surface area contributed by atoms with Crippen LogP contribution in [-0.4, -0.2) is 20.0 Å². The van der Waals surface area contributed by atoms with Crippen LogP contribution in [0, 0.1) is 5.92 Å². The molecule has 3 nitrogen and oxygen atoms in total. The number of benzene rings is 1. The second kappa shape index (κ2) is 6.42. The highest BCUT2D eigenvalue weighted by Gasteiger charge is 2.35. The van der Waals surface area contributed by atoms with E-state index < -0.39 is 11.7 Å². The number of nitrogens with zero attached hydrogens (tertiary/aromatic N) is 1. The van der Waals surface area contributed by atoms with Crippen molar-refractivity contribution >= 4 is 17.3 Å². The maximum atomic E-state index is 13.2. The SMILES string of the molecule is CN(C)c1ccc(NC(=O)C2CC=CCC2)c(C(F)(F)F)c1. The Labute approximate surface area is 127 Å². The Morgan fingerprint density at radius 1 is 1.27 bits per heavy atom. The molecule has 1 aromatic carbocycles. The molecule has 1 amide bonds. The minimum Gasteiger partial charge on any atom is -0.378 e. The van der Waals surface area contributed by atoms with Gasteiger partial charge in [0.1, 0.15) is 0 Å². The summed E-state index contributed by atoms with van der Waals surface area (Å²) in [4.78, 5) is 13.7. The highest BCUT2D eigenvalue weighted by atomic mass is 19.4. The molecule has 1 aliphatic carbocycles. The molecule has 0 aliphatic heterocycles. The second-order valence-corrected chi connectivity index (χ2v) is 5.59. The van der Waals surface area contributed by atoms with E-state index >= 15 is 0 Å². The Hall–Kier alpha value is -1.98. The number of allylic oxidation sites excluding steroid dienone is 2. The molecule has 1 atom stereocenters. The monoisotopic (exact) mass is 312 g/mol. The van der Waals surface area contributed by atoms with Crippen molar-refractivity contribution < 1.29 is 18.0 Å². The number of alkyl halides is 3. The number of amides is 1. The lowest BCUT2D eigenvalue weighted by molar-refractivity contribution is -0.137. The molecule has 0 saturated heterocycles. The summed E-state index contributed by atoms with van der Waals surface area (Å²) in [5.74, 6) is -0.618. The van der Waals surface area contributed by atoms with Crippen molar-refractivity contribution in [1.29, 1.82) is 0 Å². The number of hydrogen-bond donors (Lipinski definition) is 1. The summed E-state index contributed by atoms with van der Waals surface area (Å²) in [5.41, 5.74) is -0.568. The first-order valence-corrected chi connectivity index (χ1v) is 7.13. The molecule has 0 fully saturated rings. The molecule has 0 heterocycles. The van der Waals surface area contributed by atoms with E-state index in [4.69, 9.17) is 0 Å². The highest BCUT2D eigenvalue weighted by molar-refractivity contribution is 5.93. The fourth-order valence-corrected chi connectivity index (χ4v) is 2.42. The molecule has 6 heteroatoms. The molecule has 22 heavy (non-hydrogen) atoms. The zero-order chi connectivity index (χ0) is 16.3. The maximum absolute atomic E-state index is 13.2. The van der Waals surface area contributed by atoms with Crippen molar-refractivity contribution in [2.45, 2.75) is 25.4 Å². The van der Waals surface area contributed by atoms with Gasteiger partial charge in [-0.25, -0.2) is 0 Å². The van der Waals surface area contributed by atoms with Gasteiger partial charge in [-0.2, -0.15) is 13.2 Å². The van der Waals surface area contributed by atoms with Crippen molar-refractivity contribution in [2.75, 3.05) is 24.3 Å². The molecule has 0 radical (unpaired) electrons. The van der Waals surface area contributed by atoms with Gasteiger partial charge in [-0.1, -0.05) is 12.2 Å². The standard InChI is InChI=1S/C16H19F3N2O/c1-21(2)12-8-9-14(13(10-12)16(17,18)19)20-15(22)11-6-4-3-5-7-11/h3-4,8-11H,5-7H2,1-2H3,(H,20,22). The molecule has 0 aromatic heterocycles. The smallest absolute Gasteiger partial charge is 0.378 e. The third-order valence-corrected chi connectivity index (χ3v) is 3.72. The number of nitrogens with one attached hydrogen (secondary N) is 1. The van der Waals surface area contributed by atoms with Crippen LogP contribution in [0.5, 0.6) is 0 Å². The number of hydrogen-bond acceptors (Lipinski definition) is 2. The van der Waals surface area contributed by atoms with Crippen LogP contribution in [-0.2, 0) is 11.0 Å². The number of halogens is 3. The van der Waals surface area contributed by atoms with Gasteiger partial charge >= 0.3 is 6.18 Å². The zero-order valence-corrected chi connectivity index (χ0v) is 12.6. The topological polar surface area (TPSA) is 32.3 Å². The quantitative estimate of drug-likeness (QED) is 0.853. The Morgan fingerprint density at radius 2 is 2.00 bits per heavy atom. The van der Waals surface area contributed by atoms with Crippen LogP contribution in [0.1, 0.15) is 24.8 Å². The van der Waals surface area contributed by atoms with Crippen molar-refractivity contribution in [3.05, 3.63) is 35.9 Å². The molecule has 1 aliphatic rings. The molecule has 1 aromatic rings. The first-order chi connectivity index (χ1) is 10.3. The van der Waals surface area contributed by atoms with Crippen LogP contribution in [0.4, 0.5) is 24.5 Å². The molecule has 0 saturated carbocycles. The van der Waals surface area contributed by atoms with Gasteiger partial charge in [0.15, 0.2) is 0 Å². The Balaban J connectivity index is 2.26. The highest BCUT2D eigenvalue weighted by Crippen LogP contribution is 2.37. The van der Waals surface area contributed by atoms with E-state index in [2.05, 4.69) is 5.32 Å². The lowest BCUT2D eigenvalue weighted by atomic mass is 9.93. The number of rotatable bonds is 3. The van der Waals surface area contributed by atoms with E-state index in [-0.39, 0.29) is 17.5 Å². The fraction of sp³-hybridized carbons (Fsp3) is 0.438. The largest absolute Gasteiger partial charge is 0.418 e. The first kappa shape index (κ1) is 16.4. The van der Waals surface area contributed by atoms with Gasteiger partial charge in [-0.05, 0) is 37.5 Å². The Bertz CT molecular complexity index is 579. The number of carbonyl (C=O) groups excluding carboxylic acids is 1. The van der Waals surface area contributed by atoms with Crippen molar-refractivity contribution in [3.63, 3.8) is 0 Å². The van der Waals surface area contributed by atoms with Gasteiger partial charge in [0.2, 0.25) is 5.91 Å². The molecular formula is C16H19F3N2O. The maximum Gasteiger partial charge on any atom is 0.418 e. The third-order valence-electron chi connectivity index (χ3n) is 3.72. The molecule has 2 rings (SSSR count). The van der Waals surface area contributed by atoms with Crippen LogP contribution < -0.4 is 10.2 Å². The molecule has 120 valence electrons. The summed E-state index contributed by atoms with van der Waals surface area (Å²) in [6.07, 6.45) is 1.39. The number of anilines is 2. The van der Waals surface area contributed by atoms with Crippen molar-refractivity contribution in [1.82, 2.24) is 0 Å². The van der Waals surface area contributed by atoms with Gasteiger partial charge in [0.25, 0.3) is 0 Å². The van der Waals surface area contributed by atoms with Crippen molar-refractivity contribution in [2.24, 2.45) is 5.92 Å². The van der Waals surface area contributed by atoms with E-state index in [1.165, 1.54) is 6.07 Å². The summed E-state index contributed by atoms with van der Waals surface area (Å²) in [6.45, 7) is 0. The predicted octanol–water partition coefficient (Wildman–Crippen LogP) is 4.07. The molecule has 1 unspecified atom stereocenters. The van der Waals surface area contributed by atoms with Crippen LogP contribution in [0.3, 0.4) is 0 Å². The number of carbonyl (C=O) groups is 1. The predicted molar refractivity (Wildman–Crippen MR) is 80.9 cm³/mol. The van der Waals surface area contributed by atoms with Crippen LogP contribution >= 0.6 is 0 Å². The Morgan fingerprint density at radius 3 is 2.55 bits per heavy atom. The van der Waals surface area contributed by atoms with Crippen LogP contribution in [0.15, 0.2) is 30.4 Å². The van der Waals surface area contributed by atoms with Crippen LogP contribution in [0.2, 0.25) is 0 Å². The van der Waals surface area contributed by atoms with E-state index in [1.807, 2.05) is 12.2 Å². The molecule has 0 bridgehead atoms. The lowest BCUT2D eigenvalue weighted by Gasteiger charge is -2.21. The average Bonchev–Trinajstić information content (AvgIpc) is 2.47. The molecule has 1 N–H and O–H groups in total.